The molecule has 19 heavy (non-hydrogen) atoms. The van der Waals surface area contributed by atoms with E-state index in [0.717, 1.165) is 5.57 Å². The molecule has 1 aromatic rings. The molecule has 0 atom stereocenters. The fourth-order valence-electron chi connectivity index (χ4n) is 1.58. The lowest BCUT2D eigenvalue weighted by molar-refractivity contribution is 0.487. The highest BCUT2D eigenvalue weighted by molar-refractivity contribution is 7.89. The maximum absolute atomic E-state index is 12.4. The maximum atomic E-state index is 12.4. The Kier molecular flexibility index (Phi) is 5.28. The lowest BCUT2D eigenvalue weighted by Crippen LogP contribution is -2.30. The number of aromatic nitrogens is 2. The van der Waals surface area contributed by atoms with Crippen LogP contribution in [-0.4, -0.2) is 42.6 Å². The lowest BCUT2D eigenvalue weighted by Gasteiger charge is -2.17. The first-order valence-corrected chi connectivity index (χ1v) is 7.55. The van der Waals surface area contributed by atoms with Gasteiger partial charge in [-0.25, -0.2) is 8.42 Å². The molecule has 0 unspecified atom stereocenters. The van der Waals surface area contributed by atoms with Gasteiger partial charge in [-0.15, -0.1) is 0 Å². The number of hydrogen-bond acceptors (Lipinski definition) is 4. The Labute approximate surface area is 114 Å². The summed E-state index contributed by atoms with van der Waals surface area (Å²) < 4.78 is 26.0. The van der Waals surface area contributed by atoms with Gasteiger partial charge in [0.15, 0.2) is 5.03 Å². The van der Waals surface area contributed by atoms with Crippen LogP contribution in [0.1, 0.15) is 26.3 Å². The van der Waals surface area contributed by atoms with Gasteiger partial charge in [0, 0.05) is 31.7 Å². The summed E-state index contributed by atoms with van der Waals surface area (Å²) >= 11 is 0. The van der Waals surface area contributed by atoms with Crippen LogP contribution in [0.25, 0.3) is 0 Å². The van der Waals surface area contributed by atoms with E-state index in [2.05, 4.69) is 22.1 Å². The zero-order chi connectivity index (χ0) is 14.6. The maximum Gasteiger partial charge on any atom is 0.260 e. The smallest absolute Gasteiger partial charge is 0.260 e. The van der Waals surface area contributed by atoms with Crippen molar-refractivity contribution in [2.45, 2.75) is 38.4 Å². The van der Waals surface area contributed by atoms with Gasteiger partial charge in [-0.05, 0) is 6.92 Å². The third kappa shape index (κ3) is 4.15. The quantitative estimate of drug-likeness (QED) is 0.736. The van der Waals surface area contributed by atoms with Crippen LogP contribution in [-0.2, 0) is 16.6 Å². The fourth-order valence-corrected chi connectivity index (χ4v) is 2.91. The Hall–Kier alpha value is -1.18. The molecule has 0 aromatic carbocycles. The van der Waals surface area contributed by atoms with Gasteiger partial charge in [0.05, 0.1) is 6.20 Å². The average Bonchev–Trinajstić information content (AvgIpc) is 2.73. The van der Waals surface area contributed by atoms with Crippen LogP contribution in [0.15, 0.2) is 23.4 Å². The summed E-state index contributed by atoms with van der Waals surface area (Å²) in [6.07, 6.45) is 1.54. The Bertz CT molecular complexity index is 534. The van der Waals surface area contributed by atoms with Crippen molar-refractivity contribution in [1.82, 2.24) is 19.8 Å². The molecule has 2 N–H and O–H groups in total. The van der Waals surface area contributed by atoms with Crippen molar-refractivity contribution in [2.75, 3.05) is 13.6 Å². The second kappa shape index (κ2) is 6.31. The lowest BCUT2D eigenvalue weighted by atomic mass is 10.3. The molecule has 0 saturated carbocycles. The summed E-state index contributed by atoms with van der Waals surface area (Å²) in [6.45, 7) is 10.3. The van der Waals surface area contributed by atoms with Crippen LogP contribution in [0.3, 0.4) is 0 Å². The first-order valence-electron chi connectivity index (χ1n) is 6.11. The van der Waals surface area contributed by atoms with E-state index < -0.39 is 10.0 Å². The molecule has 1 heterocycles. The average molecular weight is 286 g/mol. The number of rotatable bonds is 7. The molecular formula is C12H22N4O2S. The second-order valence-corrected chi connectivity index (χ2v) is 6.96. The van der Waals surface area contributed by atoms with Crippen LogP contribution in [0.4, 0.5) is 0 Å². The van der Waals surface area contributed by atoms with Gasteiger partial charge in [-0.2, -0.15) is 9.40 Å². The number of nitrogens with zero attached hydrogens (tertiary/aromatic N) is 2. The van der Waals surface area contributed by atoms with E-state index in [-0.39, 0.29) is 11.1 Å². The summed E-state index contributed by atoms with van der Waals surface area (Å²) in [7, 11) is -2.02. The van der Waals surface area contributed by atoms with E-state index >= 15 is 0 Å². The minimum Gasteiger partial charge on any atom is -0.310 e. The normalized spacial score (nSPS) is 12.3. The van der Waals surface area contributed by atoms with E-state index in [1.165, 1.54) is 17.5 Å². The third-order valence-electron chi connectivity index (χ3n) is 2.54. The molecule has 0 aliphatic rings. The van der Waals surface area contributed by atoms with Crippen LogP contribution in [0, 0.1) is 0 Å². The van der Waals surface area contributed by atoms with Gasteiger partial charge < -0.3 is 5.32 Å². The highest BCUT2D eigenvalue weighted by atomic mass is 32.2. The number of likely N-dealkylation sites (N-methyl/N-ethyl adjacent to an activating group) is 1. The summed E-state index contributed by atoms with van der Waals surface area (Å²) in [4.78, 5) is 0. The standard InChI is InChI=1S/C12H22N4O2S/c1-9(2)8-16(5)19(17,18)12-11(7-14-15-12)6-13-10(3)4/h7,10,13H,1,6,8H2,2-5H3,(H,14,15). The number of hydrogen-bond donors (Lipinski definition) is 2. The van der Waals surface area contributed by atoms with E-state index in [9.17, 15) is 8.42 Å². The van der Waals surface area contributed by atoms with Gasteiger partial charge >= 0.3 is 0 Å². The Balaban J connectivity index is 2.95. The molecule has 108 valence electrons. The molecule has 0 spiro atoms. The Morgan fingerprint density at radius 2 is 2.21 bits per heavy atom. The van der Waals surface area contributed by atoms with Crippen molar-refractivity contribution in [3.05, 3.63) is 23.9 Å². The van der Waals surface area contributed by atoms with Gasteiger partial charge in [-0.1, -0.05) is 26.0 Å². The topological polar surface area (TPSA) is 78.1 Å². The third-order valence-corrected chi connectivity index (χ3v) is 4.36. The van der Waals surface area contributed by atoms with Crippen LogP contribution >= 0.6 is 0 Å². The van der Waals surface area contributed by atoms with Gasteiger partial charge in [-0.3, -0.25) is 5.10 Å². The first-order chi connectivity index (χ1) is 8.75. The monoisotopic (exact) mass is 286 g/mol. The summed E-state index contributed by atoms with van der Waals surface area (Å²) in [5, 5.41) is 9.73. The molecule has 0 aliphatic heterocycles. The van der Waals surface area contributed by atoms with Gasteiger partial charge in [0.1, 0.15) is 0 Å². The van der Waals surface area contributed by atoms with E-state index in [0.29, 0.717) is 18.7 Å². The second-order valence-electron chi connectivity index (χ2n) is 4.98. The van der Waals surface area contributed by atoms with Crippen molar-refractivity contribution >= 4 is 10.0 Å². The van der Waals surface area contributed by atoms with Crippen molar-refractivity contribution in [3.63, 3.8) is 0 Å². The van der Waals surface area contributed by atoms with Crippen LogP contribution in [0.5, 0.6) is 0 Å². The SMILES string of the molecule is C=C(C)CN(C)S(=O)(=O)c1[nH]ncc1CNC(C)C. The van der Waals surface area contributed by atoms with Crippen LogP contribution < -0.4 is 5.32 Å². The van der Waals surface area contributed by atoms with Crippen molar-refractivity contribution in [1.29, 1.82) is 0 Å². The van der Waals surface area contributed by atoms with Crippen molar-refractivity contribution < 1.29 is 8.42 Å². The number of nitrogens with one attached hydrogen (secondary N) is 2. The highest BCUT2D eigenvalue weighted by Gasteiger charge is 2.25. The summed E-state index contributed by atoms with van der Waals surface area (Å²) in [5.41, 5.74) is 1.43. The van der Waals surface area contributed by atoms with Crippen molar-refractivity contribution in [3.8, 4) is 0 Å². The van der Waals surface area contributed by atoms with Crippen molar-refractivity contribution in [2.24, 2.45) is 0 Å². The highest BCUT2D eigenvalue weighted by Crippen LogP contribution is 2.17. The van der Waals surface area contributed by atoms with E-state index in [4.69, 9.17) is 0 Å². The molecule has 0 saturated heterocycles. The fraction of sp³-hybridized carbons (Fsp3) is 0.583. The predicted molar refractivity (Wildman–Crippen MR) is 75.2 cm³/mol. The summed E-state index contributed by atoms with van der Waals surface area (Å²) in [5.74, 6) is 0. The Morgan fingerprint density at radius 1 is 1.58 bits per heavy atom. The molecule has 1 aromatic heterocycles. The van der Waals surface area contributed by atoms with Gasteiger partial charge in [0.25, 0.3) is 10.0 Å². The predicted octanol–water partition coefficient (Wildman–Crippen LogP) is 1.10. The van der Waals surface area contributed by atoms with E-state index in [1.807, 2.05) is 13.8 Å². The largest absolute Gasteiger partial charge is 0.310 e. The van der Waals surface area contributed by atoms with Gasteiger partial charge in [0.2, 0.25) is 0 Å². The van der Waals surface area contributed by atoms with E-state index in [1.54, 1.807) is 6.92 Å². The molecule has 0 radical (unpaired) electrons. The number of aromatic amines is 1. The molecule has 0 bridgehead atoms. The first kappa shape index (κ1) is 15.9. The molecule has 0 aliphatic carbocycles. The molecule has 6 nitrogen and oxygen atoms in total. The molecule has 0 fully saturated rings. The number of sulfonamides is 1. The zero-order valence-electron chi connectivity index (χ0n) is 11.9. The molecule has 7 heteroatoms. The minimum absolute atomic E-state index is 0.143. The van der Waals surface area contributed by atoms with Crippen LogP contribution in [0.2, 0.25) is 0 Å². The summed E-state index contributed by atoms with van der Waals surface area (Å²) in [6, 6.07) is 0.276. The Morgan fingerprint density at radius 3 is 2.74 bits per heavy atom. The molecule has 1 rings (SSSR count). The zero-order valence-corrected chi connectivity index (χ0v) is 12.7. The molecule has 0 amide bonds. The number of H-pyrrole nitrogens is 1. The minimum atomic E-state index is -3.55. The molecular weight excluding hydrogens is 264 g/mol.